The zero-order chi connectivity index (χ0) is 20.2. The van der Waals surface area contributed by atoms with Crippen molar-refractivity contribution in [2.75, 3.05) is 13.2 Å². The minimum absolute atomic E-state index is 0.0992. The van der Waals surface area contributed by atoms with Crippen molar-refractivity contribution in [2.45, 2.75) is 24.4 Å². The molecule has 0 amide bonds. The lowest BCUT2D eigenvalue weighted by atomic mass is 9.71. The van der Waals surface area contributed by atoms with Crippen molar-refractivity contribution in [2.24, 2.45) is 16.1 Å². The summed E-state index contributed by atoms with van der Waals surface area (Å²) in [5.74, 6) is -2.72. The monoisotopic (exact) mass is 400 g/mol. The Bertz CT molecular complexity index is 833. The smallest absolute Gasteiger partial charge is 0.352 e. The molecule has 1 heterocycles. The summed E-state index contributed by atoms with van der Waals surface area (Å²) in [4.78, 5) is 23.8. The molecule has 0 saturated carbocycles. The third-order valence-corrected chi connectivity index (χ3v) is 5.11. The highest BCUT2D eigenvalue weighted by Gasteiger charge is 2.66. The number of carbonyl (C=O) groups is 2. The predicted molar refractivity (Wildman–Crippen MR) is 104 cm³/mol. The zero-order valence-electron chi connectivity index (χ0n) is 15.7. The SMILES string of the molecule is CCOC(=O)[C@@H]1C(c2ccccc2)(c2ccccc2)N=N[C@@]1(Cl)C(=O)OCC. The van der Waals surface area contributed by atoms with Crippen LogP contribution in [0.5, 0.6) is 0 Å². The molecule has 1 aliphatic heterocycles. The van der Waals surface area contributed by atoms with Crippen molar-refractivity contribution in [3.05, 3.63) is 71.8 Å². The molecule has 146 valence electrons. The number of hydrogen-bond acceptors (Lipinski definition) is 6. The van der Waals surface area contributed by atoms with Gasteiger partial charge in [0.15, 0.2) is 0 Å². The van der Waals surface area contributed by atoms with Gasteiger partial charge < -0.3 is 9.47 Å². The first-order chi connectivity index (χ1) is 13.5. The van der Waals surface area contributed by atoms with Crippen molar-refractivity contribution in [1.29, 1.82) is 0 Å². The third kappa shape index (κ3) is 3.18. The summed E-state index contributed by atoms with van der Waals surface area (Å²) in [6, 6.07) is 18.3. The molecule has 2 aromatic rings. The van der Waals surface area contributed by atoms with Crippen LogP contribution in [0.4, 0.5) is 0 Å². The van der Waals surface area contributed by atoms with Gasteiger partial charge in [-0.05, 0) is 25.0 Å². The first kappa shape index (κ1) is 20.0. The van der Waals surface area contributed by atoms with Crippen LogP contribution in [0.3, 0.4) is 0 Å². The Hall–Kier alpha value is -2.73. The number of ether oxygens (including phenoxy) is 2. The molecule has 0 N–H and O–H groups in total. The molecule has 2 atom stereocenters. The lowest BCUT2D eigenvalue weighted by molar-refractivity contribution is -0.159. The summed E-state index contributed by atoms with van der Waals surface area (Å²) >= 11 is 6.64. The van der Waals surface area contributed by atoms with E-state index < -0.39 is 28.4 Å². The number of hydrogen-bond donors (Lipinski definition) is 0. The van der Waals surface area contributed by atoms with E-state index in [1.54, 1.807) is 13.8 Å². The minimum atomic E-state index is -2.02. The van der Waals surface area contributed by atoms with Crippen LogP contribution in [0.2, 0.25) is 0 Å². The van der Waals surface area contributed by atoms with E-state index in [9.17, 15) is 9.59 Å². The quantitative estimate of drug-likeness (QED) is 0.416. The highest BCUT2D eigenvalue weighted by atomic mass is 35.5. The standard InChI is InChI=1S/C21H21ClN2O4/c1-3-27-18(25)17-20(15-11-7-5-8-12-15,16-13-9-6-10-14-16)23-24-21(17,22)19(26)28-4-2/h5-14,17H,3-4H2,1-2H3/t17-,21-/m1/s1. The van der Waals surface area contributed by atoms with Crippen LogP contribution in [0.25, 0.3) is 0 Å². The minimum Gasteiger partial charge on any atom is -0.466 e. The van der Waals surface area contributed by atoms with Gasteiger partial charge in [0.2, 0.25) is 0 Å². The van der Waals surface area contributed by atoms with Crippen LogP contribution in [-0.2, 0) is 24.6 Å². The number of nitrogens with zero attached hydrogens (tertiary/aromatic N) is 2. The first-order valence-electron chi connectivity index (χ1n) is 9.08. The molecule has 0 radical (unpaired) electrons. The van der Waals surface area contributed by atoms with E-state index in [2.05, 4.69) is 10.2 Å². The summed E-state index contributed by atoms with van der Waals surface area (Å²) in [6.07, 6.45) is 0. The topological polar surface area (TPSA) is 77.3 Å². The first-order valence-corrected chi connectivity index (χ1v) is 9.46. The molecular formula is C21H21ClN2O4. The summed E-state index contributed by atoms with van der Waals surface area (Å²) in [7, 11) is 0. The Labute approximate surface area is 168 Å². The molecule has 0 spiro atoms. The van der Waals surface area contributed by atoms with Crippen LogP contribution in [0.1, 0.15) is 25.0 Å². The second-order valence-electron chi connectivity index (χ2n) is 6.28. The van der Waals surface area contributed by atoms with Crippen LogP contribution in [0, 0.1) is 5.92 Å². The molecule has 3 rings (SSSR count). The number of halogens is 1. The average molecular weight is 401 g/mol. The molecule has 0 aliphatic carbocycles. The lowest BCUT2D eigenvalue weighted by Crippen LogP contribution is -2.51. The largest absolute Gasteiger partial charge is 0.466 e. The van der Waals surface area contributed by atoms with E-state index in [1.165, 1.54) is 0 Å². The highest BCUT2D eigenvalue weighted by Crippen LogP contribution is 2.54. The van der Waals surface area contributed by atoms with Crippen LogP contribution < -0.4 is 0 Å². The molecular weight excluding hydrogens is 380 g/mol. The number of esters is 2. The Morgan fingerprint density at radius 3 is 1.86 bits per heavy atom. The van der Waals surface area contributed by atoms with Crippen molar-refractivity contribution in [3.8, 4) is 0 Å². The van der Waals surface area contributed by atoms with E-state index >= 15 is 0 Å². The third-order valence-electron chi connectivity index (χ3n) is 4.67. The average Bonchev–Trinajstić information content (AvgIpc) is 3.05. The fourth-order valence-electron chi connectivity index (χ4n) is 3.49. The molecule has 6 nitrogen and oxygen atoms in total. The van der Waals surface area contributed by atoms with Crippen molar-refractivity contribution >= 4 is 23.5 Å². The number of rotatable bonds is 6. The zero-order valence-corrected chi connectivity index (χ0v) is 16.4. The maximum absolute atomic E-state index is 13.1. The summed E-state index contributed by atoms with van der Waals surface area (Å²) in [5.41, 5.74) is 0.0353. The van der Waals surface area contributed by atoms with Gasteiger partial charge in [-0.15, -0.1) is 0 Å². The second-order valence-corrected chi connectivity index (χ2v) is 6.85. The molecule has 7 heteroatoms. The van der Waals surface area contributed by atoms with Gasteiger partial charge in [0.05, 0.1) is 13.2 Å². The molecule has 28 heavy (non-hydrogen) atoms. The van der Waals surface area contributed by atoms with Gasteiger partial charge in [-0.3, -0.25) is 4.79 Å². The molecule has 0 aromatic heterocycles. The number of carbonyl (C=O) groups excluding carboxylic acids is 2. The summed E-state index contributed by atoms with van der Waals surface area (Å²) in [6.45, 7) is 3.58. The van der Waals surface area contributed by atoms with Gasteiger partial charge >= 0.3 is 11.9 Å². The van der Waals surface area contributed by atoms with Crippen molar-refractivity contribution < 1.29 is 19.1 Å². The fourth-order valence-corrected chi connectivity index (χ4v) is 3.83. The Balaban J connectivity index is 2.27. The van der Waals surface area contributed by atoms with E-state index in [0.29, 0.717) is 11.1 Å². The predicted octanol–water partition coefficient (Wildman–Crippen LogP) is 4.07. The number of azo groups is 1. The normalized spacial score (nSPS) is 22.6. The van der Waals surface area contributed by atoms with Crippen molar-refractivity contribution in [1.82, 2.24) is 0 Å². The molecule has 2 aromatic carbocycles. The lowest BCUT2D eigenvalue weighted by Gasteiger charge is -2.35. The molecule has 0 bridgehead atoms. The van der Waals surface area contributed by atoms with Gasteiger partial charge in [-0.2, -0.15) is 10.2 Å². The van der Waals surface area contributed by atoms with Gasteiger partial charge in [0.25, 0.3) is 5.00 Å². The van der Waals surface area contributed by atoms with E-state index in [1.807, 2.05) is 60.7 Å². The molecule has 1 aliphatic rings. The van der Waals surface area contributed by atoms with Gasteiger partial charge in [-0.1, -0.05) is 72.3 Å². The van der Waals surface area contributed by atoms with Crippen LogP contribution in [-0.4, -0.2) is 30.2 Å². The van der Waals surface area contributed by atoms with Crippen LogP contribution >= 0.6 is 11.6 Å². The molecule has 0 fully saturated rings. The number of benzene rings is 2. The fraction of sp³-hybridized carbons (Fsp3) is 0.333. The van der Waals surface area contributed by atoms with Crippen molar-refractivity contribution in [3.63, 3.8) is 0 Å². The summed E-state index contributed by atoms with van der Waals surface area (Å²) in [5, 5.41) is 8.53. The van der Waals surface area contributed by atoms with E-state index in [-0.39, 0.29) is 13.2 Å². The van der Waals surface area contributed by atoms with E-state index in [0.717, 1.165) is 0 Å². The Morgan fingerprint density at radius 2 is 1.39 bits per heavy atom. The summed E-state index contributed by atoms with van der Waals surface area (Å²) < 4.78 is 10.4. The Kier molecular flexibility index (Phi) is 5.79. The second kappa shape index (κ2) is 8.10. The van der Waals surface area contributed by atoms with E-state index in [4.69, 9.17) is 21.1 Å². The van der Waals surface area contributed by atoms with Crippen LogP contribution in [0.15, 0.2) is 70.9 Å². The van der Waals surface area contributed by atoms with Gasteiger partial charge in [-0.25, -0.2) is 4.79 Å². The molecule has 0 unspecified atom stereocenters. The number of alkyl halides is 1. The highest BCUT2D eigenvalue weighted by molar-refractivity contribution is 6.35. The maximum Gasteiger partial charge on any atom is 0.352 e. The van der Waals surface area contributed by atoms with Gasteiger partial charge in [0.1, 0.15) is 11.5 Å². The van der Waals surface area contributed by atoms with Gasteiger partial charge in [0, 0.05) is 0 Å². The molecule has 0 saturated heterocycles. The Morgan fingerprint density at radius 1 is 0.893 bits per heavy atom. The maximum atomic E-state index is 13.1.